The van der Waals surface area contributed by atoms with Crippen LogP contribution in [0.5, 0.6) is 0 Å². The lowest BCUT2D eigenvalue weighted by molar-refractivity contribution is -0.120. The van der Waals surface area contributed by atoms with Crippen LogP contribution in [0.25, 0.3) is 11.1 Å². The third-order valence-corrected chi connectivity index (χ3v) is 6.35. The Balaban J connectivity index is 1.83. The molecule has 8 heteroatoms. The van der Waals surface area contributed by atoms with Crippen LogP contribution in [0, 0.1) is 5.92 Å². The molecule has 2 N–H and O–H groups in total. The van der Waals surface area contributed by atoms with E-state index >= 15 is 0 Å². The molecule has 29 heavy (non-hydrogen) atoms. The van der Waals surface area contributed by atoms with Gasteiger partial charge < -0.3 is 9.80 Å². The molecule has 1 aliphatic heterocycles. The number of primary sulfonamides is 1. The molecule has 0 unspecified atom stereocenters. The summed E-state index contributed by atoms with van der Waals surface area (Å²) in [4.78, 5) is 28.7. The lowest BCUT2D eigenvalue weighted by Gasteiger charge is -2.41. The van der Waals surface area contributed by atoms with Crippen molar-refractivity contribution in [3.8, 4) is 11.1 Å². The number of nitrogens with two attached hydrogens (primary N) is 1. The molecule has 2 aliphatic rings. The van der Waals surface area contributed by atoms with Crippen LogP contribution in [0.15, 0.2) is 47.4 Å². The van der Waals surface area contributed by atoms with E-state index in [9.17, 15) is 18.0 Å². The number of hydrogen-bond donors (Lipinski definition) is 1. The molecule has 0 spiro atoms. The maximum Gasteiger partial charge on any atom is 0.238 e. The van der Waals surface area contributed by atoms with Crippen molar-refractivity contribution in [3.63, 3.8) is 0 Å². The zero-order valence-electron chi connectivity index (χ0n) is 16.3. The number of carbonyl (C=O) groups excluding carboxylic acids is 2. The fourth-order valence-electron chi connectivity index (χ4n) is 3.90. The van der Waals surface area contributed by atoms with Gasteiger partial charge >= 0.3 is 0 Å². The monoisotopic (exact) mass is 413 g/mol. The summed E-state index contributed by atoms with van der Waals surface area (Å²) >= 11 is 0. The fraction of sp³-hybridized carbons (Fsp3) is 0.333. The number of anilines is 2. The maximum atomic E-state index is 12.9. The number of nitrogens with zero attached hydrogens (tertiary/aromatic N) is 2. The number of fused-ring (bicyclic) bond motifs is 1. The molecule has 1 saturated carbocycles. The van der Waals surface area contributed by atoms with Crippen molar-refractivity contribution >= 4 is 33.2 Å². The summed E-state index contributed by atoms with van der Waals surface area (Å²) in [5.74, 6) is 0.0475. The minimum atomic E-state index is -3.82. The second kappa shape index (κ2) is 6.96. The summed E-state index contributed by atoms with van der Waals surface area (Å²) in [5, 5.41) is 5.26. The molecule has 2 aromatic rings. The highest BCUT2D eigenvalue weighted by Crippen LogP contribution is 2.42. The zero-order valence-corrected chi connectivity index (χ0v) is 17.1. The number of amides is 2. The van der Waals surface area contributed by atoms with Crippen molar-refractivity contribution in [2.75, 3.05) is 16.3 Å². The van der Waals surface area contributed by atoms with E-state index in [4.69, 9.17) is 5.14 Å². The van der Waals surface area contributed by atoms with Gasteiger partial charge in [-0.2, -0.15) is 0 Å². The summed E-state index contributed by atoms with van der Waals surface area (Å²) in [6, 6.07) is 11.7. The van der Waals surface area contributed by atoms with Crippen molar-refractivity contribution in [2.45, 2.75) is 37.6 Å². The second-order valence-electron chi connectivity index (χ2n) is 7.74. The molecule has 1 fully saturated rings. The average Bonchev–Trinajstić information content (AvgIpc) is 3.51. The number of carbonyl (C=O) groups is 2. The van der Waals surface area contributed by atoms with Crippen molar-refractivity contribution in [1.29, 1.82) is 0 Å². The normalized spacial score (nSPS) is 19.1. The lowest BCUT2D eigenvalue weighted by atomic mass is 10.00. The molecule has 4 rings (SSSR count). The predicted molar refractivity (Wildman–Crippen MR) is 111 cm³/mol. The number of sulfonamides is 1. The Hall–Kier alpha value is -2.71. The van der Waals surface area contributed by atoms with Gasteiger partial charge in [0, 0.05) is 19.4 Å². The van der Waals surface area contributed by atoms with Crippen LogP contribution in [0.4, 0.5) is 11.4 Å². The van der Waals surface area contributed by atoms with Crippen molar-refractivity contribution in [1.82, 2.24) is 0 Å². The third kappa shape index (κ3) is 3.65. The van der Waals surface area contributed by atoms with E-state index < -0.39 is 10.0 Å². The molecule has 0 aromatic heterocycles. The van der Waals surface area contributed by atoms with Gasteiger partial charge in [0.25, 0.3) is 0 Å². The van der Waals surface area contributed by atoms with E-state index in [0.717, 1.165) is 18.4 Å². The maximum absolute atomic E-state index is 12.9. The van der Waals surface area contributed by atoms with Gasteiger partial charge in [-0.25, -0.2) is 13.6 Å². The number of hydrogen-bond acceptors (Lipinski definition) is 4. The Labute approximate surface area is 170 Å². The fourth-order valence-corrected chi connectivity index (χ4v) is 4.46. The molecule has 2 aromatic carbocycles. The zero-order chi connectivity index (χ0) is 20.9. The Bertz CT molecular complexity index is 1110. The van der Waals surface area contributed by atoms with E-state index in [-0.39, 0.29) is 28.7 Å². The highest BCUT2D eigenvalue weighted by Gasteiger charge is 2.39. The van der Waals surface area contributed by atoms with E-state index in [0.29, 0.717) is 23.5 Å². The molecule has 0 saturated heterocycles. The standard InChI is InChI=1S/C21H23N3O4S/c1-13-12-23(21(26)15-6-7-15)20-11-17(8-9-19(20)24(13)14(2)25)16-4-3-5-18(10-16)29(22,27)28/h3-5,8-11,13,15H,6-7,12H2,1-2H3,(H2,22,27,28)/t13-/m0/s1. The molecule has 0 radical (unpaired) electrons. The van der Waals surface area contributed by atoms with E-state index in [2.05, 4.69) is 0 Å². The third-order valence-electron chi connectivity index (χ3n) is 5.44. The Morgan fingerprint density at radius 2 is 1.72 bits per heavy atom. The molecule has 1 heterocycles. The van der Waals surface area contributed by atoms with Gasteiger partial charge in [0.15, 0.2) is 0 Å². The van der Waals surface area contributed by atoms with E-state index in [1.165, 1.54) is 19.1 Å². The van der Waals surface area contributed by atoms with E-state index in [1.807, 2.05) is 25.1 Å². The molecular weight excluding hydrogens is 390 g/mol. The van der Waals surface area contributed by atoms with Crippen LogP contribution in [0.1, 0.15) is 26.7 Å². The quantitative estimate of drug-likeness (QED) is 0.835. The van der Waals surface area contributed by atoms with Crippen LogP contribution < -0.4 is 14.9 Å². The van der Waals surface area contributed by atoms with Gasteiger partial charge in [0.2, 0.25) is 21.8 Å². The summed E-state index contributed by atoms with van der Waals surface area (Å²) < 4.78 is 23.4. The first-order valence-electron chi connectivity index (χ1n) is 9.55. The van der Waals surface area contributed by atoms with Gasteiger partial charge in [0.05, 0.1) is 22.3 Å². The summed E-state index contributed by atoms with van der Waals surface area (Å²) in [6.07, 6.45) is 1.79. The smallest absolute Gasteiger partial charge is 0.238 e. The minimum absolute atomic E-state index is 0.0256. The van der Waals surface area contributed by atoms with Gasteiger partial charge in [-0.1, -0.05) is 18.2 Å². The molecule has 0 bridgehead atoms. The minimum Gasteiger partial charge on any atom is -0.308 e. The SMILES string of the molecule is CC(=O)N1c2ccc(-c3cccc(S(N)(=O)=O)c3)cc2N(C(=O)C2CC2)C[C@@H]1C. The largest absolute Gasteiger partial charge is 0.308 e. The number of benzene rings is 2. The Morgan fingerprint density at radius 1 is 1.03 bits per heavy atom. The summed E-state index contributed by atoms with van der Waals surface area (Å²) in [6.45, 7) is 3.88. The topological polar surface area (TPSA) is 101 Å². The highest BCUT2D eigenvalue weighted by molar-refractivity contribution is 7.89. The van der Waals surface area contributed by atoms with Crippen LogP contribution in [-0.4, -0.2) is 32.8 Å². The lowest BCUT2D eigenvalue weighted by Crippen LogP contribution is -2.51. The molecular formula is C21H23N3O4S. The van der Waals surface area contributed by atoms with Crippen molar-refractivity contribution in [3.05, 3.63) is 42.5 Å². The van der Waals surface area contributed by atoms with Crippen LogP contribution >= 0.6 is 0 Å². The van der Waals surface area contributed by atoms with Gasteiger partial charge in [-0.05, 0) is 55.2 Å². The van der Waals surface area contributed by atoms with Gasteiger partial charge in [-0.15, -0.1) is 0 Å². The van der Waals surface area contributed by atoms with Crippen LogP contribution in [0.2, 0.25) is 0 Å². The van der Waals surface area contributed by atoms with Crippen molar-refractivity contribution in [2.24, 2.45) is 11.1 Å². The molecule has 2 amide bonds. The first-order valence-corrected chi connectivity index (χ1v) is 11.1. The molecule has 1 atom stereocenters. The second-order valence-corrected chi connectivity index (χ2v) is 9.30. The molecule has 7 nitrogen and oxygen atoms in total. The Morgan fingerprint density at radius 3 is 2.34 bits per heavy atom. The predicted octanol–water partition coefficient (Wildman–Crippen LogP) is 2.50. The van der Waals surface area contributed by atoms with Crippen molar-refractivity contribution < 1.29 is 18.0 Å². The van der Waals surface area contributed by atoms with E-state index in [1.54, 1.807) is 21.9 Å². The molecule has 1 aliphatic carbocycles. The molecule has 152 valence electrons. The summed E-state index contributed by atoms with van der Waals surface area (Å²) in [7, 11) is -3.82. The van der Waals surface area contributed by atoms with Gasteiger partial charge in [0.1, 0.15) is 0 Å². The number of rotatable bonds is 3. The van der Waals surface area contributed by atoms with Crippen LogP contribution in [0.3, 0.4) is 0 Å². The average molecular weight is 413 g/mol. The first-order chi connectivity index (χ1) is 13.7. The van der Waals surface area contributed by atoms with Crippen LogP contribution in [-0.2, 0) is 19.6 Å². The first kappa shape index (κ1) is 19.6. The highest BCUT2D eigenvalue weighted by atomic mass is 32.2. The Kier molecular flexibility index (Phi) is 4.71. The summed E-state index contributed by atoms with van der Waals surface area (Å²) in [5.41, 5.74) is 2.79. The van der Waals surface area contributed by atoms with Gasteiger partial charge in [-0.3, -0.25) is 9.59 Å².